The van der Waals surface area contributed by atoms with Gasteiger partial charge >= 0.3 is 5.97 Å². The van der Waals surface area contributed by atoms with Crippen LogP contribution in [0.4, 0.5) is 0 Å². The van der Waals surface area contributed by atoms with E-state index in [1.54, 1.807) is 15.5 Å². The van der Waals surface area contributed by atoms with Crippen molar-refractivity contribution in [2.24, 2.45) is 0 Å². The number of carboxylic acids is 1. The number of imidazole rings is 1. The van der Waals surface area contributed by atoms with Crippen molar-refractivity contribution in [3.8, 4) is 0 Å². The predicted molar refractivity (Wildman–Crippen MR) is 72.5 cm³/mol. The highest BCUT2D eigenvalue weighted by Gasteiger charge is 2.21. The second kappa shape index (κ2) is 4.96. The van der Waals surface area contributed by atoms with E-state index in [9.17, 15) is 14.7 Å². The molecular formula is C14H15N3O3. The summed E-state index contributed by atoms with van der Waals surface area (Å²) in [7, 11) is 0. The van der Waals surface area contributed by atoms with Gasteiger partial charge in [0.2, 0.25) is 11.7 Å². The maximum atomic E-state index is 11.6. The smallest absolute Gasteiger partial charge is 0.372 e. The van der Waals surface area contributed by atoms with E-state index in [1.807, 2.05) is 18.2 Å². The molecule has 0 radical (unpaired) electrons. The first-order valence-corrected chi connectivity index (χ1v) is 6.63. The van der Waals surface area contributed by atoms with Crippen molar-refractivity contribution in [1.82, 2.24) is 14.5 Å². The molecule has 0 spiro atoms. The molecule has 1 fully saturated rings. The first-order valence-electron chi connectivity index (χ1n) is 6.63. The number of carbonyl (C=O) groups excluding carboxylic acids is 1. The molecule has 1 amide bonds. The van der Waals surface area contributed by atoms with E-state index in [1.165, 1.54) is 0 Å². The summed E-state index contributed by atoms with van der Waals surface area (Å²) < 4.78 is 1.67. The zero-order valence-electron chi connectivity index (χ0n) is 11.0. The Labute approximate surface area is 115 Å². The van der Waals surface area contributed by atoms with Gasteiger partial charge in [-0.3, -0.25) is 4.79 Å². The standard InChI is InChI=1S/C14H15N3O3/c18-12-6-3-7-16(12)8-9-17-11-5-2-1-4-10(11)15-13(17)14(19)20/h1-2,4-5H,3,6-9H2,(H,19,20). The first kappa shape index (κ1) is 12.7. The fraction of sp³-hybridized carbons (Fsp3) is 0.357. The van der Waals surface area contributed by atoms with Gasteiger partial charge in [-0.05, 0) is 18.6 Å². The van der Waals surface area contributed by atoms with Gasteiger partial charge in [-0.1, -0.05) is 12.1 Å². The summed E-state index contributed by atoms with van der Waals surface area (Å²) in [5.74, 6) is -0.877. The van der Waals surface area contributed by atoms with Crippen LogP contribution in [-0.4, -0.2) is 44.5 Å². The van der Waals surface area contributed by atoms with Crippen LogP contribution in [0.3, 0.4) is 0 Å². The number of carbonyl (C=O) groups is 2. The molecule has 3 rings (SSSR count). The van der Waals surface area contributed by atoms with Crippen LogP contribution in [0.25, 0.3) is 11.0 Å². The van der Waals surface area contributed by atoms with Crippen molar-refractivity contribution >= 4 is 22.9 Å². The number of aromatic nitrogens is 2. The minimum Gasteiger partial charge on any atom is -0.475 e. The van der Waals surface area contributed by atoms with Gasteiger partial charge in [-0.2, -0.15) is 0 Å². The van der Waals surface area contributed by atoms with Gasteiger partial charge in [-0.25, -0.2) is 9.78 Å². The average molecular weight is 273 g/mol. The number of nitrogens with zero attached hydrogens (tertiary/aromatic N) is 3. The maximum Gasteiger partial charge on any atom is 0.372 e. The number of carboxylic acid groups (broad SMARTS) is 1. The van der Waals surface area contributed by atoms with Crippen LogP contribution in [0.2, 0.25) is 0 Å². The summed E-state index contributed by atoms with van der Waals surface area (Å²) in [6, 6.07) is 7.32. The molecule has 2 heterocycles. The molecule has 1 aromatic carbocycles. The van der Waals surface area contributed by atoms with Crippen molar-refractivity contribution in [2.45, 2.75) is 19.4 Å². The molecular weight excluding hydrogens is 258 g/mol. The van der Waals surface area contributed by atoms with Crippen molar-refractivity contribution in [1.29, 1.82) is 0 Å². The number of amides is 1. The monoisotopic (exact) mass is 273 g/mol. The molecule has 1 N–H and O–H groups in total. The minimum absolute atomic E-state index is 0.0258. The summed E-state index contributed by atoms with van der Waals surface area (Å²) >= 11 is 0. The Morgan fingerprint density at radius 1 is 1.30 bits per heavy atom. The summed E-state index contributed by atoms with van der Waals surface area (Å²) in [5, 5.41) is 9.25. The zero-order valence-corrected chi connectivity index (χ0v) is 11.0. The molecule has 1 aromatic heterocycles. The molecule has 1 aliphatic heterocycles. The largest absolute Gasteiger partial charge is 0.475 e. The Balaban J connectivity index is 1.90. The Morgan fingerprint density at radius 2 is 2.10 bits per heavy atom. The molecule has 2 aromatic rings. The Hall–Kier alpha value is -2.37. The molecule has 6 heteroatoms. The topological polar surface area (TPSA) is 75.4 Å². The molecule has 6 nitrogen and oxygen atoms in total. The third-order valence-corrected chi connectivity index (χ3v) is 3.61. The second-order valence-corrected chi connectivity index (χ2v) is 4.87. The highest BCUT2D eigenvalue weighted by molar-refractivity contribution is 5.89. The molecule has 104 valence electrons. The molecule has 0 unspecified atom stereocenters. The van der Waals surface area contributed by atoms with Gasteiger partial charge in [-0.15, -0.1) is 0 Å². The van der Waals surface area contributed by atoms with Crippen LogP contribution < -0.4 is 0 Å². The van der Waals surface area contributed by atoms with Gasteiger partial charge in [0.25, 0.3) is 0 Å². The van der Waals surface area contributed by atoms with Gasteiger partial charge in [0.1, 0.15) is 0 Å². The lowest BCUT2D eigenvalue weighted by Gasteiger charge is -2.16. The van der Waals surface area contributed by atoms with Crippen molar-refractivity contribution in [3.63, 3.8) is 0 Å². The molecule has 1 saturated heterocycles. The normalized spacial score (nSPS) is 15.2. The second-order valence-electron chi connectivity index (χ2n) is 4.87. The van der Waals surface area contributed by atoms with E-state index in [-0.39, 0.29) is 11.7 Å². The fourth-order valence-corrected chi connectivity index (χ4v) is 2.63. The summed E-state index contributed by atoms with van der Waals surface area (Å²) in [6.45, 7) is 1.74. The quantitative estimate of drug-likeness (QED) is 0.912. The highest BCUT2D eigenvalue weighted by atomic mass is 16.4. The number of para-hydroxylation sites is 2. The van der Waals surface area contributed by atoms with E-state index in [4.69, 9.17) is 0 Å². The van der Waals surface area contributed by atoms with Crippen LogP contribution in [-0.2, 0) is 11.3 Å². The minimum atomic E-state index is -1.05. The fourth-order valence-electron chi connectivity index (χ4n) is 2.63. The number of hydrogen-bond donors (Lipinski definition) is 1. The van der Waals surface area contributed by atoms with Crippen LogP contribution in [0.15, 0.2) is 24.3 Å². The van der Waals surface area contributed by atoms with Gasteiger partial charge in [0.15, 0.2) is 0 Å². The SMILES string of the molecule is O=C(O)c1nc2ccccc2n1CCN1CCCC1=O. The molecule has 0 aliphatic carbocycles. The Morgan fingerprint density at radius 3 is 2.80 bits per heavy atom. The van der Waals surface area contributed by atoms with Gasteiger partial charge in [0.05, 0.1) is 11.0 Å². The predicted octanol–water partition coefficient (Wildman–Crippen LogP) is 1.36. The Kier molecular flexibility index (Phi) is 3.14. The lowest BCUT2D eigenvalue weighted by atomic mass is 10.3. The van der Waals surface area contributed by atoms with E-state index >= 15 is 0 Å². The molecule has 0 saturated carbocycles. The lowest BCUT2D eigenvalue weighted by Crippen LogP contribution is -2.29. The summed E-state index contributed by atoms with van der Waals surface area (Å²) in [6.07, 6.45) is 1.48. The summed E-state index contributed by atoms with van der Waals surface area (Å²) in [5.41, 5.74) is 1.45. The third-order valence-electron chi connectivity index (χ3n) is 3.61. The number of aromatic carboxylic acids is 1. The number of likely N-dealkylation sites (tertiary alicyclic amines) is 1. The molecule has 0 bridgehead atoms. The van der Waals surface area contributed by atoms with Crippen molar-refractivity contribution < 1.29 is 14.7 Å². The van der Waals surface area contributed by atoms with Crippen molar-refractivity contribution in [3.05, 3.63) is 30.1 Å². The van der Waals surface area contributed by atoms with Crippen LogP contribution in [0.1, 0.15) is 23.5 Å². The number of rotatable bonds is 4. The van der Waals surface area contributed by atoms with E-state index < -0.39 is 5.97 Å². The van der Waals surface area contributed by atoms with Crippen molar-refractivity contribution in [2.75, 3.05) is 13.1 Å². The van der Waals surface area contributed by atoms with E-state index in [0.717, 1.165) is 18.5 Å². The van der Waals surface area contributed by atoms with Crippen LogP contribution >= 0.6 is 0 Å². The first-order chi connectivity index (χ1) is 9.66. The van der Waals surface area contributed by atoms with Gasteiger partial charge in [0, 0.05) is 26.1 Å². The molecule has 0 atom stereocenters. The zero-order chi connectivity index (χ0) is 14.1. The number of hydrogen-bond acceptors (Lipinski definition) is 3. The Bertz CT molecular complexity index is 677. The maximum absolute atomic E-state index is 11.6. The van der Waals surface area contributed by atoms with Crippen LogP contribution in [0.5, 0.6) is 0 Å². The van der Waals surface area contributed by atoms with E-state index in [2.05, 4.69) is 4.98 Å². The number of fused-ring (bicyclic) bond motifs is 1. The van der Waals surface area contributed by atoms with Gasteiger partial charge < -0.3 is 14.6 Å². The van der Waals surface area contributed by atoms with Crippen LogP contribution in [0, 0.1) is 0 Å². The third kappa shape index (κ3) is 2.13. The van der Waals surface area contributed by atoms with E-state index in [0.29, 0.717) is 25.0 Å². The summed E-state index contributed by atoms with van der Waals surface area (Å²) in [4.78, 5) is 28.8. The average Bonchev–Trinajstić information content (AvgIpc) is 3.00. The highest BCUT2D eigenvalue weighted by Crippen LogP contribution is 2.17. The lowest BCUT2D eigenvalue weighted by molar-refractivity contribution is -0.127. The number of benzene rings is 1. The molecule has 20 heavy (non-hydrogen) atoms. The molecule has 1 aliphatic rings.